The maximum atomic E-state index is 12.5. The summed E-state index contributed by atoms with van der Waals surface area (Å²) in [6.07, 6.45) is -4.23. The third-order valence-electron chi connectivity index (χ3n) is 2.31. The Hall–Kier alpha value is -2.39. The SMILES string of the molecule is CC(=O)OCC(C)Nc1ncc(C(F)(F)F)cc1[N+](=O)[O-]. The van der Waals surface area contributed by atoms with E-state index in [1.54, 1.807) is 0 Å². The van der Waals surface area contributed by atoms with Crippen molar-refractivity contribution in [1.29, 1.82) is 0 Å². The molecule has 1 unspecified atom stereocenters. The van der Waals surface area contributed by atoms with Gasteiger partial charge in [-0.15, -0.1) is 0 Å². The second-order valence-electron chi connectivity index (χ2n) is 4.19. The number of anilines is 1. The zero-order chi connectivity index (χ0) is 16.2. The van der Waals surface area contributed by atoms with Crippen molar-refractivity contribution in [2.45, 2.75) is 26.1 Å². The Kier molecular flexibility index (Phi) is 5.06. The Morgan fingerprint density at radius 1 is 1.57 bits per heavy atom. The van der Waals surface area contributed by atoms with E-state index in [9.17, 15) is 28.1 Å². The number of ether oxygens (including phenoxy) is 1. The van der Waals surface area contributed by atoms with Crippen LogP contribution in [0, 0.1) is 10.1 Å². The van der Waals surface area contributed by atoms with Crippen LogP contribution >= 0.6 is 0 Å². The van der Waals surface area contributed by atoms with Crippen LogP contribution in [0.1, 0.15) is 19.4 Å². The quantitative estimate of drug-likeness (QED) is 0.510. The molecule has 0 saturated heterocycles. The smallest absolute Gasteiger partial charge is 0.418 e. The van der Waals surface area contributed by atoms with Crippen molar-refractivity contribution in [3.8, 4) is 0 Å². The molecule has 0 spiro atoms. The van der Waals surface area contributed by atoms with E-state index in [1.165, 1.54) is 13.8 Å². The van der Waals surface area contributed by atoms with Crippen LogP contribution in [0.4, 0.5) is 24.7 Å². The van der Waals surface area contributed by atoms with Gasteiger partial charge in [0.2, 0.25) is 5.82 Å². The van der Waals surface area contributed by atoms with E-state index in [0.29, 0.717) is 12.3 Å². The van der Waals surface area contributed by atoms with Crippen molar-refractivity contribution in [3.63, 3.8) is 0 Å². The fourth-order valence-corrected chi connectivity index (χ4v) is 1.38. The minimum absolute atomic E-state index is 0.102. The molecule has 116 valence electrons. The first-order valence-electron chi connectivity index (χ1n) is 5.72. The molecule has 0 amide bonds. The summed E-state index contributed by atoms with van der Waals surface area (Å²) in [4.78, 5) is 23.9. The van der Waals surface area contributed by atoms with Crippen molar-refractivity contribution in [1.82, 2.24) is 4.98 Å². The summed E-state index contributed by atoms with van der Waals surface area (Å²) < 4.78 is 42.2. The number of alkyl halides is 3. The zero-order valence-electron chi connectivity index (χ0n) is 11.1. The van der Waals surface area contributed by atoms with E-state index in [1.807, 2.05) is 0 Å². The lowest BCUT2D eigenvalue weighted by Crippen LogP contribution is -2.24. The molecule has 0 aromatic carbocycles. The molecule has 10 heteroatoms. The summed E-state index contributed by atoms with van der Waals surface area (Å²) in [5, 5.41) is 13.3. The average Bonchev–Trinajstić information content (AvgIpc) is 2.35. The standard InChI is InChI=1S/C11H12F3N3O4/c1-6(5-21-7(2)18)16-10-9(17(19)20)3-8(4-15-10)11(12,13)14/h3-4,6H,5H2,1-2H3,(H,15,16). The maximum Gasteiger partial charge on any atom is 0.418 e. The number of pyridine rings is 1. The van der Waals surface area contributed by atoms with Gasteiger partial charge in [-0.1, -0.05) is 0 Å². The Balaban J connectivity index is 2.97. The summed E-state index contributed by atoms with van der Waals surface area (Å²) in [5.41, 5.74) is -2.02. The Morgan fingerprint density at radius 2 is 2.19 bits per heavy atom. The predicted molar refractivity (Wildman–Crippen MR) is 65.6 cm³/mol. The minimum Gasteiger partial charge on any atom is -0.464 e. The molecule has 1 aromatic heterocycles. The predicted octanol–water partition coefficient (Wildman–Crippen LogP) is 2.37. The molecule has 0 aliphatic heterocycles. The topological polar surface area (TPSA) is 94.4 Å². The second kappa shape index (κ2) is 6.37. The molecule has 1 rings (SSSR count). The van der Waals surface area contributed by atoms with Gasteiger partial charge in [0.1, 0.15) is 6.61 Å². The largest absolute Gasteiger partial charge is 0.464 e. The van der Waals surface area contributed by atoms with E-state index in [-0.39, 0.29) is 12.4 Å². The van der Waals surface area contributed by atoms with Crippen LogP contribution in [0.15, 0.2) is 12.3 Å². The van der Waals surface area contributed by atoms with Gasteiger partial charge < -0.3 is 10.1 Å². The molecule has 1 heterocycles. The summed E-state index contributed by atoms with van der Waals surface area (Å²) in [6, 6.07) is -0.162. The van der Waals surface area contributed by atoms with Crippen molar-refractivity contribution in [2.75, 3.05) is 11.9 Å². The summed E-state index contributed by atoms with van der Waals surface area (Å²) in [5.74, 6) is -0.869. The molecule has 0 fully saturated rings. The molecule has 0 radical (unpaired) electrons. The first-order valence-corrected chi connectivity index (χ1v) is 5.72. The maximum absolute atomic E-state index is 12.5. The number of carbonyl (C=O) groups is 1. The van der Waals surface area contributed by atoms with Gasteiger partial charge in [0, 0.05) is 19.2 Å². The third-order valence-corrected chi connectivity index (χ3v) is 2.31. The van der Waals surface area contributed by atoms with Gasteiger partial charge >= 0.3 is 17.8 Å². The lowest BCUT2D eigenvalue weighted by Gasteiger charge is -2.15. The van der Waals surface area contributed by atoms with Gasteiger partial charge in [-0.3, -0.25) is 14.9 Å². The number of rotatable bonds is 5. The van der Waals surface area contributed by atoms with Gasteiger partial charge in [-0.25, -0.2) is 4.98 Å². The van der Waals surface area contributed by atoms with Crippen molar-refractivity contribution >= 4 is 17.5 Å². The highest BCUT2D eigenvalue weighted by atomic mass is 19.4. The van der Waals surface area contributed by atoms with Crippen LogP contribution < -0.4 is 5.32 Å². The Morgan fingerprint density at radius 3 is 2.67 bits per heavy atom. The molecule has 7 nitrogen and oxygen atoms in total. The monoisotopic (exact) mass is 307 g/mol. The van der Waals surface area contributed by atoms with E-state index in [4.69, 9.17) is 0 Å². The molecular formula is C11H12F3N3O4. The molecule has 21 heavy (non-hydrogen) atoms. The number of carbonyl (C=O) groups excluding carboxylic acids is 1. The molecule has 0 bridgehead atoms. The number of halogens is 3. The number of hydrogen-bond donors (Lipinski definition) is 1. The van der Waals surface area contributed by atoms with E-state index < -0.39 is 34.4 Å². The van der Waals surface area contributed by atoms with Crippen LogP contribution in [0.5, 0.6) is 0 Å². The fourth-order valence-electron chi connectivity index (χ4n) is 1.38. The highest BCUT2D eigenvalue weighted by Gasteiger charge is 2.34. The van der Waals surface area contributed by atoms with Crippen molar-refractivity contribution in [3.05, 3.63) is 27.9 Å². The van der Waals surface area contributed by atoms with Crippen LogP contribution in [0.2, 0.25) is 0 Å². The number of nitro groups is 1. The molecule has 0 saturated carbocycles. The van der Waals surface area contributed by atoms with Crippen molar-refractivity contribution < 1.29 is 27.6 Å². The summed E-state index contributed by atoms with van der Waals surface area (Å²) in [7, 11) is 0. The molecule has 1 aromatic rings. The summed E-state index contributed by atoms with van der Waals surface area (Å²) in [6.45, 7) is 2.62. The van der Waals surface area contributed by atoms with Gasteiger partial charge in [-0.05, 0) is 6.92 Å². The minimum atomic E-state index is -4.72. The van der Waals surface area contributed by atoms with Crippen LogP contribution in [0.25, 0.3) is 0 Å². The normalized spacial score (nSPS) is 12.6. The lowest BCUT2D eigenvalue weighted by molar-refractivity contribution is -0.384. The van der Waals surface area contributed by atoms with E-state index in [0.717, 1.165) is 0 Å². The van der Waals surface area contributed by atoms with Gasteiger partial charge in [-0.2, -0.15) is 13.2 Å². The highest BCUT2D eigenvalue weighted by molar-refractivity contribution is 5.66. The Labute approximate surface area is 117 Å². The first-order chi connectivity index (χ1) is 9.61. The second-order valence-corrected chi connectivity index (χ2v) is 4.19. The van der Waals surface area contributed by atoms with Gasteiger partial charge in [0.25, 0.3) is 0 Å². The van der Waals surface area contributed by atoms with Crippen LogP contribution in [-0.4, -0.2) is 28.5 Å². The molecule has 1 N–H and O–H groups in total. The van der Waals surface area contributed by atoms with Crippen LogP contribution in [-0.2, 0) is 15.7 Å². The third kappa shape index (κ3) is 4.89. The van der Waals surface area contributed by atoms with E-state index >= 15 is 0 Å². The average molecular weight is 307 g/mol. The van der Waals surface area contributed by atoms with Gasteiger partial charge in [0.05, 0.1) is 16.5 Å². The zero-order valence-corrected chi connectivity index (χ0v) is 11.1. The molecular weight excluding hydrogens is 295 g/mol. The fraction of sp³-hybridized carbons (Fsp3) is 0.455. The van der Waals surface area contributed by atoms with E-state index in [2.05, 4.69) is 15.0 Å². The lowest BCUT2D eigenvalue weighted by atomic mass is 10.2. The molecule has 1 atom stereocenters. The number of aromatic nitrogens is 1. The number of esters is 1. The number of nitrogens with zero attached hydrogens (tertiary/aromatic N) is 2. The van der Waals surface area contributed by atoms with Crippen molar-refractivity contribution in [2.24, 2.45) is 0 Å². The number of hydrogen-bond acceptors (Lipinski definition) is 6. The Bertz CT molecular complexity index is 548. The van der Waals surface area contributed by atoms with Gasteiger partial charge in [0.15, 0.2) is 0 Å². The first kappa shape index (κ1) is 16.7. The molecule has 0 aliphatic rings. The number of nitrogens with one attached hydrogen (secondary N) is 1. The summed E-state index contributed by atoms with van der Waals surface area (Å²) >= 11 is 0. The highest BCUT2D eigenvalue weighted by Crippen LogP contribution is 2.33. The molecule has 0 aliphatic carbocycles. The van der Waals surface area contributed by atoms with Crippen LogP contribution in [0.3, 0.4) is 0 Å².